The predicted molar refractivity (Wildman–Crippen MR) is 440 cm³/mol. The van der Waals surface area contributed by atoms with Gasteiger partial charge in [-0.1, -0.05) is 197 Å². The molecule has 0 spiro atoms. The average Bonchev–Trinajstić information content (AvgIpc) is 0.752. The van der Waals surface area contributed by atoms with Crippen LogP contribution in [0.5, 0.6) is 0 Å². The number of carboxylic acid groups (broad SMARTS) is 2. The number of halogens is 1. The van der Waals surface area contributed by atoms with Gasteiger partial charge in [-0.05, 0) is 228 Å². The zero-order valence-electron chi connectivity index (χ0n) is 67.2. The Kier molecular flexibility index (Phi) is 62.4. The number of alkyl carbamates (subject to hydrolysis) is 1. The molecule has 13 unspecified atom stereocenters. The number of rotatable bonds is 8. The maximum atomic E-state index is 12.0. The summed E-state index contributed by atoms with van der Waals surface area (Å²) < 4.78 is 64.5. The molecule has 18 rings (SSSR count). The van der Waals surface area contributed by atoms with Crippen molar-refractivity contribution in [1.29, 1.82) is 0 Å². The molecule has 0 aliphatic heterocycles. The molecule has 15 fully saturated rings. The molecule has 0 saturated heterocycles. The number of hydrogen-bond acceptors (Lipinski definition) is 14. The van der Waals surface area contributed by atoms with Crippen molar-refractivity contribution in [2.24, 2.45) is 112 Å². The van der Waals surface area contributed by atoms with E-state index in [1.165, 1.54) is 141 Å². The second-order valence-electron chi connectivity index (χ2n) is 31.6. The van der Waals surface area contributed by atoms with Crippen molar-refractivity contribution >= 4 is 72.4 Å². The van der Waals surface area contributed by atoms with Crippen LogP contribution in [0.3, 0.4) is 0 Å². The standard InChI is InChI=1S/C17H23NO2.C11H16O4S.C10H16O2.C10H14O2.C10H14O.C9H17N.C7H8O.C2H6.CH3I.CH4O3S.4CH4.CH3.2K.N3.Na.H2O.H2/c19-17(20-12-13-5-2-1-3-6-13)18-16-10-14-7-4-8-15(9-14)11-16;1-16(13,14)15-11-8-3-6-2-7(5-8)10(12)9(11)4-6;2*11-10(12)9-5-7-2-1-3-8(4-7)6-9;11-10-8-2-6-1-7(4-8)5-9(10)3-6;10-9-5-7-2-1-3-8(4-7)6-9;8-6-7-4-2-1-3-5-7;2*1-2;1-5(2,3)4;;;;;;;;1-3-2;;;/h1-3,5-6,14-16H,4,7-12H2,(H,18,19);6-9,11H,2-5H2,1H3;7-9H,1-6H2,(H,11,12);1-2,7-9H,3-6H2,(H,11,12);6-9H,1-5H2;7-9H,1-6,10H2;1-5,8H,6H2;1-2H3;1H3;1H3,(H,2,3,4);4*1H4;1H3;;;;;1H2;1H/q;;;;;;;;;;;;;;-1;2*+1;-1;+1;;/p-1/t;;;7?,8?,9-;;;;;;;;;;;;;;;;;/m...1................./s1/i;;;;;;;;;;1D;;;;;;;;;;. The Hall–Kier alpha value is -0.257. The van der Waals surface area contributed by atoms with Crippen molar-refractivity contribution in [3.63, 3.8) is 0 Å². The first-order valence-electron chi connectivity index (χ1n) is 39.0. The summed E-state index contributed by atoms with van der Waals surface area (Å²) in [5.74, 6) is 9.80. The fourth-order valence-corrected chi connectivity index (χ4v) is 20.9. The SMILES string of the molecule is C.C.C.CC.CI.CS(=O)(=O)O.CS(=O)(=O)OC1C2CC3CC(C2)C(=O)C1C3.NC1CC2CCCC(C1)C2.O=C(NC1CC2CCCC(C2)C1)OCc1ccccc1.O=C(O)C1CC2CCCC(C2)C1.O=C(O)[C@@H]1CC2C=CCC(C2)C1.O=C1C2CC3CC(C2)CC1C3.OCc1ccccc1.[2H]C.[CH3-].[HH].[K+].[K+].[N-]=[N+]=[N-].[Na+].[OH-]. The first kappa shape index (κ1) is 114. The minimum Gasteiger partial charge on any atom is -0.870 e. The summed E-state index contributed by atoms with van der Waals surface area (Å²) in [6.45, 7) is 4.49. The van der Waals surface area contributed by atoms with Gasteiger partial charge in [0.2, 0.25) is 0 Å². The molecule has 16 aliphatic carbocycles. The zero-order chi connectivity index (χ0) is 75.8. The van der Waals surface area contributed by atoms with Gasteiger partial charge in [-0.2, -0.15) is 16.8 Å². The molecule has 1 amide bonds. The number of carbonyl (C=O) groups excluding carboxylic acids is 3. The molecule has 15 saturated carbocycles. The first-order chi connectivity index (χ1) is 49.3. The molecule has 21 nitrogen and oxygen atoms in total. The molecule has 618 valence electrons. The van der Waals surface area contributed by atoms with E-state index in [-0.39, 0.29) is 223 Å². The molecule has 14 atom stereocenters. The van der Waals surface area contributed by atoms with E-state index in [1.807, 2.05) is 79.4 Å². The molecule has 27 heteroatoms. The summed E-state index contributed by atoms with van der Waals surface area (Å²) >= 11 is 2.15. The Balaban J connectivity index is -0.000000386. The van der Waals surface area contributed by atoms with Crippen LogP contribution < -0.4 is 143 Å². The number of nitrogens with two attached hydrogens (primary N) is 1. The molecule has 2 aromatic rings. The van der Waals surface area contributed by atoms with Gasteiger partial charge < -0.3 is 55.1 Å². The summed E-state index contributed by atoms with van der Waals surface area (Å²) in [7, 11) is -5.86. The average molecular weight is 1760 g/mol. The van der Waals surface area contributed by atoms with E-state index in [4.69, 9.17) is 47.0 Å². The number of nitrogens with one attached hydrogen (secondary N) is 1. The van der Waals surface area contributed by atoms with Gasteiger partial charge in [0.1, 0.15) is 18.2 Å². The van der Waals surface area contributed by atoms with Gasteiger partial charge in [0, 0.05) is 38.6 Å². The summed E-state index contributed by atoms with van der Waals surface area (Å²) in [5.41, 5.74) is 21.4. The monoisotopic (exact) mass is 1760 g/mol. The van der Waals surface area contributed by atoms with Crippen LogP contribution in [0.4, 0.5) is 4.79 Å². The minimum atomic E-state index is -3.67. The number of fused-ring (bicyclic) bond motifs is 8. The Labute approximate surface area is 788 Å². The molecule has 16 aliphatic rings. The fourth-order valence-electron chi connectivity index (χ4n) is 20.2. The van der Waals surface area contributed by atoms with Crippen LogP contribution in [0.25, 0.3) is 16.0 Å². The second kappa shape index (κ2) is 60.3. The Morgan fingerprint density at radius 2 is 0.955 bits per heavy atom. The van der Waals surface area contributed by atoms with Crippen LogP contribution in [-0.4, -0.2) is 107 Å². The van der Waals surface area contributed by atoms with Crippen LogP contribution >= 0.6 is 22.6 Å². The van der Waals surface area contributed by atoms with E-state index in [0.717, 1.165) is 135 Å². The third-order valence-electron chi connectivity index (χ3n) is 23.7. The van der Waals surface area contributed by atoms with E-state index in [0.29, 0.717) is 60.3 Å². The van der Waals surface area contributed by atoms with E-state index < -0.39 is 32.2 Å². The van der Waals surface area contributed by atoms with Gasteiger partial charge in [0.15, 0.2) is 0 Å². The van der Waals surface area contributed by atoms with Crippen molar-refractivity contribution in [1.82, 2.24) is 5.32 Å². The molecule has 0 radical (unpaired) electrons. The van der Waals surface area contributed by atoms with Crippen molar-refractivity contribution < 1.29 is 210 Å². The molecular formula is C83H143IK2N5NaO16S2. The Morgan fingerprint density at radius 1 is 0.582 bits per heavy atom. The number of Topliss-reactive ketones (excluding diaryl/α,β-unsaturated/α-hetero) is 2. The van der Waals surface area contributed by atoms with Gasteiger partial charge in [-0.25, -0.2) is 4.79 Å². The number of aliphatic hydroxyl groups is 1. The van der Waals surface area contributed by atoms with Gasteiger partial charge in [-0.3, -0.25) is 32.8 Å². The number of ether oxygens (including phenoxy) is 1. The van der Waals surface area contributed by atoms with E-state index in [1.54, 1.807) is 0 Å². The number of alkyl halides is 1. The molecule has 110 heavy (non-hydrogen) atoms. The quantitative estimate of drug-likeness (QED) is 0.0137. The number of carboxylic acids is 2. The fraction of sp³-hybridized carbons (Fsp3) is 0.759. The number of aliphatic hydroxyl groups excluding tert-OH is 1. The van der Waals surface area contributed by atoms with Crippen LogP contribution in [0, 0.1) is 114 Å². The minimum absolute atomic E-state index is 0. The molecule has 8 N–H and O–H groups in total. The zero-order valence-corrected chi connectivity index (χ0v) is 78.3. The number of benzene rings is 2. The number of aliphatic carboxylic acids is 2. The van der Waals surface area contributed by atoms with Crippen LogP contribution in [0.15, 0.2) is 72.8 Å². The molecule has 0 aromatic heterocycles. The normalized spacial score (nSPS) is 31.8. The Bertz CT molecular complexity index is 3120. The number of nitrogens with zero attached hydrogens (tertiary/aromatic N) is 3. The molecule has 2 aromatic carbocycles. The summed E-state index contributed by atoms with van der Waals surface area (Å²) in [6.07, 6.45) is 43.1. The van der Waals surface area contributed by atoms with E-state index in [9.17, 15) is 40.8 Å². The third-order valence-corrected chi connectivity index (χ3v) is 24.3. The van der Waals surface area contributed by atoms with Gasteiger partial charge in [0.05, 0.1) is 37.1 Å². The largest absolute Gasteiger partial charge is 1.00 e. The Morgan fingerprint density at radius 3 is 1.35 bits per heavy atom. The third kappa shape index (κ3) is 41.6. The predicted octanol–water partition coefficient (Wildman–Crippen LogP) is 10.8. The van der Waals surface area contributed by atoms with Gasteiger partial charge in [0.25, 0.3) is 20.2 Å². The number of amides is 1. The van der Waals surface area contributed by atoms with Crippen molar-refractivity contribution in [3.8, 4) is 0 Å². The summed E-state index contributed by atoms with van der Waals surface area (Å²) in [5, 5.41) is 29.4. The second-order valence-corrected chi connectivity index (χ2v) is 34.6. The molecule has 0 heterocycles. The molecular weight excluding hydrogens is 1620 g/mol. The van der Waals surface area contributed by atoms with E-state index in [2.05, 4.69) is 40.1 Å². The van der Waals surface area contributed by atoms with Crippen molar-refractivity contribution in [2.75, 3.05) is 17.4 Å². The number of carbonyl (C=O) groups is 5. The van der Waals surface area contributed by atoms with Crippen LogP contribution in [0.2, 0.25) is 0 Å². The summed E-state index contributed by atoms with van der Waals surface area (Å²) in [4.78, 5) is 60.5. The van der Waals surface area contributed by atoms with Crippen LogP contribution in [0.1, 0.15) is 256 Å². The smallest absolute Gasteiger partial charge is 0.870 e. The van der Waals surface area contributed by atoms with Crippen LogP contribution in [-0.2, 0) is 61.5 Å². The number of hydrogen-bond donors (Lipinski definition) is 6. The number of ketones is 2. The maximum Gasteiger partial charge on any atom is 1.00 e. The van der Waals surface area contributed by atoms with Crippen molar-refractivity contribution in [2.45, 2.75) is 274 Å². The van der Waals surface area contributed by atoms with Gasteiger partial charge in [-0.15, -0.1) is 0 Å². The number of allylic oxidation sites excluding steroid dienone is 2. The molecule has 16 bridgehead atoms. The van der Waals surface area contributed by atoms with Crippen molar-refractivity contribution in [3.05, 3.63) is 107 Å². The van der Waals surface area contributed by atoms with E-state index >= 15 is 0 Å². The first-order valence-corrected chi connectivity index (χ1v) is 43.8. The maximum absolute atomic E-state index is 12.0. The van der Waals surface area contributed by atoms with Gasteiger partial charge >= 0.3 is 150 Å². The topological polar surface area (TPSA) is 380 Å². The summed E-state index contributed by atoms with van der Waals surface area (Å²) in [6, 6.07) is 20.2.